The molecule has 1 N–H and O–H groups in total. The molecule has 0 saturated carbocycles. The fourth-order valence-electron chi connectivity index (χ4n) is 5.92. The van der Waals surface area contributed by atoms with Crippen molar-refractivity contribution in [1.29, 1.82) is 0 Å². The molecule has 2 heterocycles. The van der Waals surface area contributed by atoms with Gasteiger partial charge in [0.15, 0.2) is 12.6 Å². The molecule has 384 valence electrons. The van der Waals surface area contributed by atoms with Gasteiger partial charge in [-0.2, -0.15) is 5.06 Å². The predicted molar refractivity (Wildman–Crippen MR) is 226 cm³/mol. The number of amides is 2. The number of carbonyl (C=O) groups excluding carboxylic acids is 2. The van der Waals surface area contributed by atoms with Crippen molar-refractivity contribution in [1.82, 2.24) is 5.06 Å². The first-order valence-electron chi connectivity index (χ1n) is 22.4. The zero-order valence-electron chi connectivity index (χ0n) is 39.1. The first-order valence-corrected chi connectivity index (χ1v) is 22.4. The minimum absolute atomic E-state index is 0.0329. The van der Waals surface area contributed by atoms with Gasteiger partial charge in [0.1, 0.15) is 24.4 Å². The van der Waals surface area contributed by atoms with E-state index in [2.05, 4.69) is 0 Å². The molecule has 0 bridgehead atoms. The van der Waals surface area contributed by atoms with Crippen LogP contribution < -0.4 is 0 Å². The van der Waals surface area contributed by atoms with Gasteiger partial charge in [0.05, 0.1) is 172 Å². The Morgan fingerprint density at radius 3 is 1.23 bits per heavy atom. The molecule has 65 heavy (non-hydrogen) atoms. The van der Waals surface area contributed by atoms with Crippen LogP contribution in [-0.4, -0.2) is 259 Å². The highest BCUT2D eigenvalue weighted by molar-refractivity contribution is 6.00. The number of nitrogens with zero attached hydrogens (tertiary/aromatic N) is 1. The maximum absolute atomic E-state index is 12.0. The number of rotatable bonds is 48. The Hall–Kier alpha value is -1.66. The SMILES string of the molecule is COCCOCCOCCOCC1O[C@H](OCCCC(O)ON2C(=O)CCC2=O)C(OCCOCCOCCOC)[C@@H](OCCOCCOCCOC)C1OCCOCCOCCOC. The van der Waals surface area contributed by atoms with Crippen molar-refractivity contribution in [3.8, 4) is 0 Å². The van der Waals surface area contributed by atoms with E-state index in [1.807, 2.05) is 0 Å². The van der Waals surface area contributed by atoms with Gasteiger partial charge >= 0.3 is 0 Å². The zero-order chi connectivity index (χ0) is 46.8. The van der Waals surface area contributed by atoms with Crippen LogP contribution in [0.1, 0.15) is 25.7 Å². The van der Waals surface area contributed by atoms with Crippen molar-refractivity contribution >= 4 is 11.8 Å². The second kappa shape index (κ2) is 42.4. The molecule has 2 saturated heterocycles. The van der Waals surface area contributed by atoms with Gasteiger partial charge in [0, 0.05) is 47.7 Å². The van der Waals surface area contributed by atoms with Crippen LogP contribution in [0.25, 0.3) is 0 Å². The standard InChI is InChI=1S/C42H79NO22/c1-47-10-14-51-18-22-55-26-27-59-34-35-39(60-31-28-56-23-19-52-15-11-48-2)40(61-32-29-57-24-20-53-16-12-49-3)41(62-33-30-58-25-21-54-17-13-50-4)42(64-35)63-9-5-6-38(46)65-43-36(44)7-8-37(43)45/h35,38-42,46H,5-34H2,1-4H3/t35?,38?,39?,40-,41?,42-/m0/s1. The molecule has 0 aliphatic carbocycles. The molecule has 23 heteroatoms. The first kappa shape index (κ1) is 59.5. The van der Waals surface area contributed by atoms with E-state index in [-0.39, 0.29) is 85.1 Å². The van der Waals surface area contributed by atoms with E-state index in [1.54, 1.807) is 28.4 Å². The van der Waals surface area contributed by atoms with Gasteiger partial charge in [0.2, 0.25) is 0 Å². The van der Waals surface area contributed by atoms with Gasteiger partial charge in [0.25, 0.3) is 11.8 Å². The largest absolute Gasteiger partial charge is 0.382 e. The van der Waals surface area contributed by atoms with Crippen LogP contribution in [0.2, 0.25) is 0 Å². The summed E-state index contributed by atoms with van der Waals surface area (Å²) in [5.74, 6) is -1.00. The average Bonchev–Trinajstić information content (AvgIpc) is 3.62. The molecular formula is C42H79NO22. The van der Waals surface area contributed by atoms with Crippen LogP contribution in [-0.2, 0) is 99.7 Å². The van der Waals surface area contributed by atoms with Gasteiger partial charge in [-0.05, 0) is 6.42 Å². The molecule has 2 aliphatic rings. The van der Waals surface area contributed by atoms with Gasteiger partial charge in [-0.25, -0.2) is 4.84 Å². The van der Waals surface area contributed by atoms with Crippen LogP contribution in [0.5, 0.6) is 0 Å². The van der Waals surface area contributed by atoms with Crippen LogP contribution in [0.15, 0.2) is 0 Å². The lowest BCUT2D eigenvalue weighted by Crippen LogP contribution is -2.62. The molecular weight excluding hydrogens is 870 g/mol. The highest BCUT2D eigenvalue weighted by Crippen LogP contribution is 2.30. The van der Waals surface area contributed by atoms with E-state index in [9.17, 15) is 14.7 Å². The maximum Gasteiger partial charge on any atom is 0.254 e. The van der Waals surface area contributed by atoms with Crippen molar-refractivity contribution in [2.24, 2.45) is 0 Å². The minimum Gasteiger partial charge on any atom is -0.382 e. The summed E-state index contributed by atoms with van der Waals surface area (Å²) < 4.78 is 104. The predicted octanol–water partition coefficient (Wildman–Crippen LogP) is -0.202. The fourth-order valence-corrected chi connectivity index (χ4v) is 5.92. The molecule has 0 aromatic carbocycles. The van der Waals surface area contributed by atoms with Crippen LogP contribution in [0.3, 0.4) is 0 Å². The molecule has 0 aromatic heterocycles. The van der Waals surface area contributed by atoms with Crippen molar-refractivity contribution in [3.63, 3.8) is 0 Å². The minimum atomic E-state index is -1.42. The second-order valence-electron chi connectivity index (χ2n) is 14.1. The number of aliphatic hydroxyl groups excluding tert-OH is 1. The van der Waals surface area contributed by atoms with E-state index in [0.29, 0.717) is 117 Å². The van der Waals surface area contributed by atoms with Crippen molar-refractivity contribution < 1.29 is 105 Å². The molecule has 0 spiro atoms. The lowest BCUT2D eigenvalue weighted by atomic mass is 9.98. The van der Waals surface area contributed by atoms with E-state index >= 15 is 0 Å². The van der Waals surface area contributed by atoms with Gasteiger partial charge in [-0.15, -0.1) is 0 Å². The number of ether oxygens (including phenoxy) is 18. The van der Waals surface area contributed by atoms with Gasteiger partial charge in [-0.1, -0.05) is 0 Å². The Labute approximate surface area is 384 Å². The quantitative estimate of drug-likeness (QED) is 0.0473. The summed E-state index contributed by atoms with van der Waals surface area (Å²) in [6.07, 6.45) is -5.15. The molecule has 2 rings (SSSR count). The van der Waals surface area contributed by atoms with E-state index in [0.717, 1.165) is 0 Å². The van der Waals surface area contributed by atoms with E-state index in [1.165, 1.54) is 0 Å². The summed E-state index contributed by atoms with van der Waals surface area (Å²) in [5, 5.41) is 11.1. The Balaban J connectivity index is 2.20. The second-order valence-corrected chi connectivity index (χ2v) is 14.1. The summed E-state index contributed by atoms with van der Waals surface area (Å²) in [6.45, 7) is 8.68. The topological polar surface area (TPSA) is 233 Å². The molecule has 0 radical (unpaired) electrons. The summed E-state index contributed by atoms with van der Waals surface area (Å²) in [4.78, 5) is 29.2. The third-order valence-electron chi connectivity index (χ3n) is 9.18. The average molecular weight is 950 g/mol. The number of imide groups is 1. The van der Waals surface area contributed by atoms with Crippen LogP contribution >= 0.6 is 0 Å². The fraction of sp³-hybridized carbons (Fsp3) is 0.952. The lowest BCUT2D eigenvalue weighted by molar-refractivity contribution is -0.326. The van der Waals surface area contributed by atoms with Crippen molar-refractivity contribution in [3.05, 3.63) is 0 Å². The first-order chi connectivity index (χ1) is 32.0. The summed E-state index contributed by atoms with van der Waals surface area (Å²) in [6, 6.07) is 0. The number of hydroxylamine groups is 2. The smallest absolute Gasteiger partial charge is 0.254 e. The molecule has 2 aliphatic heterocycles. The Morgan fingerprint density at radius 1 is 0.462 bits per heavy atom. The van der Waals surface area contributed by atoms with Crippen molar-refractivity contribution in [2.45, 2.75) is 62.7 Å². The number of hydrogen-bond donors (Lipinski definition) is 1. The highest BCUT2D eigenvalue weighted by Gasteiger charge is 2.49. The normalized spacial score (nSPS) is 20.7. The zero-order valence-corrected chi connectivity index (χ0v) is 39.1. The Morgan fingerprint density at radius 2 is 0.815 bits per heavy atom. The molecule has 6 atom stereocenters. The van der Waals surface area contributed by atoms with E-state index < -0.39 is 48.8 Å². The summed E-state index contributed by atoms with van der Waals surface area (Å²) >= 11 is 0. The Kier molecular flexibility index (Phi) is 38.8. The third-order valence-corrected chi connectivity index (χ3v) is 9.18. The summed E-state index contributed by atoms with van der Waals surface area (Å²) in [7, 11) is 6.44. The van der Waals surface area contributed by atoms with E-state index in [4.69, 9.17) is 90.1 Å². The molecule has 2 amide bonds. The highest BCUT2D eigenvalue weighted by atomic mass is 16.8. The Bertz CT molecular complexity index is 1090. The van der Waals surface area contributed by atoms with Crippen LogP contribution in [0, 0.1) is 0 Å². The van der Waals surface area contributed by atoms with Gasteiger partial charge < -0.3 is 90.4 Å². The number of hydrogen-bond acceptors (Lipinski definition) is 22. The number of aliphatic hydroxyl groups is 1. The summed E-state index contributed by atoms with van der Waals surface area (Å²) in [5.41, 5.74) is 0. The molecule has 23 nitrogen and oxygen atoms in total. The lowest BCUT2D eigenvalue weighted by Gasteiger charge is -2.45. The number of methoxy groups -OCH3 is 4. The third kappa shape index (κ3) is 29.8. The van der Waals surface area contributed by atoms with Crippen LogP contribution in [0.4, 0.5) is 0 Å². The molecule has 0 aromatic rings. The molecule has 4 unspecified atom stereocenters. The van der Waals surface area contributed by atoms with Crippen molar-refractivity contribution in [2.75, 3.05) is 200 Å². The van der Waals surface area contributed by atoms with Gasteiger partial charge in [-0.3, -0.25) is 9.59 Å². The monoisotopic (exact) mass is 950 g/mol. The number of carbonyl (C=O) groups is 2. The molecule has 2 fully saturated rings. The maximum atomic E-state index is 12.0.